The number of halogens is 2. The van der Waals surface area contributed by atoms with E-state index in [0.29, 0.717) is 5.02 Å². The predicted molar refractivity (Wildman–Crippen MR) is 68.6 cm³/mol. The van der Waals surface area contributed by atoms with E-state index >= 15 is 0 Å². The van der Waals surface area contributed by atoms with Crippen LogP contribution in [0, 0.1) is 12.7 Å². The van der Waals surface area contributed by atoms with Crippen LogP contribution < -0.4 is 5.73 Å². The Morgan fingerprint density at radius 2 is 1.94 bits per heavy atom. The minimum Gasteiger partial charge on any atom is -0.320 e. The molecule has 0 aliphatic rings. The van der Waals surface area contributed by atoms with Crippen molar-refractivity contribution in [2.45, 2.75) is 13.0 Å². The van der Waals surface area contributed by atoms with Gasteiger partial charge in [-0.2, -0.15) is 0 Å². The Morgan fingerprint density at radius 3 is 2.59 bits per heavy atom. The Labute approximate surface area is 105 Å². The standard InChI is InChI=1S/C14H13ClFN/c1-9-7-12(16)5-6-13(9)14(17)10-3-2-4-11(15)8-10/h2-8,14H,17H2,1H3. The van der Waals surface area contributed by atoms with Gasteiger partial charge in [0.15, 0.2) is 0 Å². The summed E-state index contributed by atoms with van der Waals surface area (Å²) in [4.78, 5) is 0. The molecule has 1 nitrogen and oxygen atoms in total. The van der Waals surface area contributed by atoms with Crippen LogP contribution in [0.4, 0.5) is 4.39 Å². The van der Waals surface area contributed by atoms with Crippen LogP contribution in [-0.2, 0) is 0 Å². The van der Waals surface area contributed by atoms with Gasteiger partial charge in [-0.1, -0.05) is 29.8 Å². The van der Waals surface area contributed by atoms with Crippen molar-refractivity contribution in [3.8, 4) is 0 Å². The maximum Gasteiger partial charge on any atom is 0.123 e. The Hall–Kier alpha value is -1.38. The smallest absolute Gasteiger partial charge is 0.123 e. The number of rotatable bonds is 2. The summed E-state index contributed by atoms with van der Waals surface area (Å²) in [6.45, 7) is 1.85. The largest absolute Gasteiger partial charge is 0.320 e. The second-order valence-corrected chi connectivity index (χ2v) is 4.47. The number of hydrogen-bond donors (Lipinski definition) is 1. The van der Waals surface area contributed by atoms with Gasteiger partial charge in [0.25, 0.3) is 0 Å². The molecule has 0 radical (unpaired) electrons. The number of aryl methyl sites for hydroxylation is 1. The first-order valence-corrected chi connectivity index (χ1v) is 5.73. The van der Waals surface area contributed by atoms with Crippen LogP contribution in [0.25, 0.3) is 0 Å². The van der Waals surface area contributed by atoms with Crippen LogP contribution >= 0.6 is 11.6 Å². The maximum absolute atomic E-state index is 13.0. The van der Waals surface area contributed by atoms with Gasteiger partial charge in [-0.25, -0.2) is 4.39 Å². The normalized spacial score (nSPS) is 12.5. The molecule has 17 heavy (non-hydrogen) atoms. The van der Waals surface area contributed by atoms with Gasteiger partial charge < -0.3 is 5.73 Å². The highest BCUT2D eigenvalue weighted by atomic mass is 35.5. The third kappa shape index (κ3) is 2.65. The van der Waals surface area contributed by atoms with Crippen molar-refractivity contribution in [1.82, 2.24) is 0 Å². The molecule has 2 N–H and O–H groups in total. The third-order valence-electron chi connectivity index (χ3n) is 2.77. The zero-order chi connectivity index (χ0) is 12.4. The van der Waals surface area contributed by atoms with Crippen molar-refractivity contribution in [3.63, 3.8) is 0 Å². The van der Waals surface area contributed by atoms with Crippen LogP contribution in [0.1, 0.15) is 22.7 Å². The molecule has 0 amide bonds. The summed E-state index contributed by atoms with van der Waals surface area (Å²) in [5, 5.41) is 0.651. The fourth-order valence-electron chi connectivity index (χ4n) is 1.87. The minimum atomic E-state index is -0.283. The molecule has 3 heteroatoms. The summed E-state index contributed by atoms with van der Waals surface area (Å²) in [6.07, 6.45) is 0. The molecule has 0 aromatic heterocycles. The lowest BCUT2D eigenvalue weighted by Gasteiger charge is -2.15. The molecule has 0 heterocycles. The summed E-state index contributed by atoms with van der Waals surface area (Å²) >= 11 is 5.93. The molecule has 0 bridgehead atoms. The second kappa shape index (κ2) is 4.86. The molecule has 0 fully saturated rings. The van der Waals surface area contributed by atoms with E-state index in [9.17, 15) is 4.39 Å². The lowest BCUT2D eigenvalue weighted by atomic mass is 9.96. The molecule has 2 rings (SSSR count). The zero-order valence-corrected chi connectivity index (χ0v) is 10.2. The van der Waals surface area contributed by atoms with Crippen LogP contribution in [0.3, 0.4) is 0 Å². The van der Waals surface area contributed by atoms with E-state index in [1.165, 1.54) is 12.1 Å². The number of hydrogen-bond acceptors (Lipinski definition) is 1. The highest BCUT2D eigenvalue weighted by molar-refractivity contribution is 6.30. The average molecular weight is 250 g/mol. The quantitative estimate of drug-likeness (QED) is 0.860. The molecule has 2 aromatic rings. The van der Waals surface area contributed by atoms with E-state index in [4.69, 9.17) is 17.3 Å². The summed E-state index contributed by atoms with van der Waals surface area (Å²) in [7, 11) is 0. The summed E-state index contributed by atoms with van der Waals surface area (Å²) in [6, 6.07) is 11.7. The molecular formula is C14H13ClFN. The van der Waals surface area contributed by atoms with Crippen LogP contribution in [0.15, 0.2) is 42.5 Å². The molecule has 0 saturated heterocycles. The van der Waals surface area contributed by atoms with E-state index in [2.05, 4.69) is 0 Å². The van der Waals surface area contributed by atoms with Crippen LogP contribution in [0.2, 0.25) is 5.02 Å². The van der Waals surface area contributed by atoms with Crippen molar-refractivity contribution < 1.29 is 4.39 Å². The van der Waals surface area contributed by atoms with Gasteiger partial charge in [-0.05, 0) is 47.9 Å². The summed E-state index contributed by atoms with van der Waals surface area (Å²) in [5.41, 5.74) is 8.83. The van der Waals surface area contributed by atoms with Gasteiger partial charge in [0.1, 0.15) is 5.82 Å². The topological polar surface area (TPSA) is 26.0 Å². The molecule has 88 valence electrons. The lowest BCUT2D eigenvalue weighted by molar-refractivity contribution is 0.624. The Bertz CT molecular complexity index is 539. The molecule has 2 aromatic carbocycles. The Kier molecular flexibility index (Phi) is 3.46. The highest BCUT2D eigenvalue weighted by Crippen LogP contribution is 2.25. The SMILES string of the molecule is Cc1cc(F)ccc1C(N)c1cccc(Cl)c1. The van der Waals surface area contributed by atoms with Gasteiger partial charge in [-0.3, -0.25) is 0 Å². The molecule has 1 unspecified atom stereocenters. The third-order valence-corrected chi connectivity index (χ3v) is 3.01. The van der Waals surface area contributed by atoms with E-state index in [1.807, 2.05) is 25.1 Å². The average Bonchev–Trinajstić information content (AvgIpc) is 2.28. The molecule has 0 spiro atoms. The molecule has 1 atom stereocenters. The zero-order valence-electron chi connectivity index (χ0n) is 9.45. The number of benzene rings is 2. The van der Waals surface area contributed by atoms with Crippen molar-refractivity contribution >= 4 is 11.6 Å². The Balaban J connectivity index is 2.40. The van der Waals surface area contributed by atoms with E-state index in [-0.39, 0.29) is 11.9 Å². The monoisotopic (exact) mass is 249 g/mol. The Morgan fingerprint density at radius 1 is 1.18 bits per heavy atom. The maximum atomic E-state index is 13.0. The van der Waals surface area contributed by atoms with Crippen molar-refractivity contribution in [2.75, 3.05) is 0 Å². The van der Waals surface area contributed by atoms with Crippen molar-refractivity contribution in [3.05, 3.63) is 70.0 Å². The van der Waals surface area contributed by atoms with Gasteiger partial charge >= 0.3 is 0 Å². The summed E-state index contributed by atoms with van der Waals surface area (Å²) < 4.78 is 13.0. The molecular weight excluding hydrogens is 237 g/mol. The first-order chi connectivity index (χ1) is 8.08. The molecule has 0 aliphatic carbocycles. The fourth-order valence-corrected chi connectivity index (χ4v) is 2.07. The first kappa shape index (κ1) is 12.1. The minimum absolute atomic E-state index is 0.246. The fraction of sp³-hybridized carbons (Fsp3) is 0.143. The first-order valence-electron chi connectivity index (χ1n) is 5.35. The van der Waals surface area contributed by atoms with Crippen molar-refractivity contribution in [2.24, 2.45) is 5.73 Å². The van der Waals surface area contributed by atoms with E-state index in [0.717, 1.165) is 16.7 Å². The van der Waals surface area contributed by atoms with Gasteiger partial charge in [0, 0.05) is 5.02 Å². The summed E-state index contributed by atoms with van der Waals surface area (Å²) in [5.74, 6) is -0.246. The van der Waals surface area contributed by atoms with E-state index in [1.54, 1.807) is 12.1 Å². The van der Waals surface area contributed by atoms with Crippen LogP contribution in [0.5, 0.6) is 0 Å². The van der Waals surface area contributed by atoms with Gasteiger partial charge in [0.2, 0.25) is 0 Å². The van der Waals surface area contributed by atoms with Gasteiger partial charge in [0.05, 0.1) is 6.04 Å². The molecule has 0 saturated carbocycles. The second-order valence-electron chi connectivity index (χ2n) is 4.03. The number of nitrogens with two attached hydrogens (primary N) is 1. The lowest BCUT2D eigenvalue weighted by Crippen LogP contribution is -2.13. The van der Waals surface area contributed by atoms with Crippen LogP contribution in [-0.4, -0.2) is 0 Å². The van der Waals surface area contributed by atoms with Gasteiger partial charge in [-0.15, -0.1) is 0 Å². The molecule has 0 aliphatic heterocycles. The predicted octanol–water partition coefficient (Wildman–Crippen LogP) is 3.84. The highest BCUT2D eigenvalue weighted by Gasteiger charge is 2.12. The van der Waals surface area contributed by atoms with Crippen molar-refractivity contribution in [1.29, 1.82) is 0 Å². The van der Waals surface area contributed by atoms with E-state index < -0.39 is 0 Å².